The van der Waals surface area contributed by atoms with Crippen LogP contribution in [0.15, 0.2) is 0 Å². The first-order chi connectivity index (χ1) is 15.8. The van der Waals surface area contributed by atoms with Gasteiger partial charge in [-0.25, -0.2) is 0 Å². The average molecular weight is 627 g/mol. The summed E-state index contributed by atoms with van der Waals surface area (Å²) >= 11 is 0. The van der Waals surface area contributed by atoms with Gasteiger partial charge in [-0.05, 0) is 42.4 Å². The quantitative estimate of drug-likeness (QED) is 0.105. The van der Waals surface area contributed by atoms with E-state index in [1.54, 1.807) is 0 Å². The first kappa shape index (κ1) is 78.9. The Morgan fingerprint density at radius 1 is 0.349 bits per heavy atom. The molecule has 0 rings (SSSR count). The number of hydrogen-bond acceptors (Lipinski definition) is 0. The van der Waals surface area contributed by atoms with Crippen molar-refractivity contribution < 1.29 is 0 Å². The molecule has 0 aliphatic heterocycles. The van der Waals surface area contributed by atoms with Crippen molar-refractivity contribution >= 4 is 0 Å². The van der Waals surface area contributed by atoms with Crippen LogP contribution in [0.25, 0.3) is 0 Å². The van der Waals surface area contributed by atoms with Gasteiger partial charge in [0.15, 0.2) is 0 Å². The molecule has 0 heterocycles. The van der Waals surface area contributed by atoms with Crippen molar-refractivity contribution in [3.05, 3.63) is 0 Å². The summed E-state index contributed by atoms with van der Waals surface area (Å²) < 4.78 is 0. The van der Waals surface area contributed by atoms with Gasteiger partial charge < -0.3 is 0 Å². The van der Waals surface area contributed by atoms with Gasteiger partial charge in [-0.15, -0.1) is 0 Å². The summed E-state index contributed by atoms with van der Waals surface area (Å²) in [5.41, 5.74) is 0.652. The Labute approximate surface area is 287 Å². The molecule has 0 bridgehead atoms. The second-order valence-electron chi connectivity index (χ2n) is 11.9. The van der Waals surface area contributed by atoms with Crippen LogP contribution in [0.2, 0.25) is 0 Å². The van der Waals surface area contributed by atoms with Crippen LogP contribution >= 0.6 is 0 Å². The topological polar surface area (TPSA) is 0 Å². The normalized spacial score (nSPS) is 9.21. The SMILES string of the molecule is C.C.C.C.C.C.C.C.C.C.CCCCCC(CCCCC)(CCCCC)C(C)C.CCCCCC(CCCCC)C(C)C. The molecule has 0 saturated carbocycles. The molecule has 0 aromatic rings. The largest absolute Gasteiger partial charge is 0.0776 e. The van der Waals surface area contributed by atoms with Crippen molar-refractivity contribution in [2.45, 2.75) is 265 Å². The Bertz CT molecular complexity index is 317. The Morgan fingerprint density at radius 3 is 0.767 bits per heavy atom. The van der Waals surface area contributed by atoms with Crippen molar-refractivity contribution in [2.75, 3.05) is 0 Å². The van der Waals surface area contributed by atoms with Gasteiger partial charge in [0, 0.05) is 0 Å². The summed E-state index contributed by atoms with van der Waals surface area (Å²) in [6.07, 6.45) is 28.6. The molecule has 0 amide bonds. The second kappa shape index (κ2) is 57.6. The highest BCUT2D eigenvalue weighted by Gasteiger charge is 2.31. The van der Waals surface area contributed by atoms with Crippen molar-refractivity contribution in [1.82, 2.24) is 0 Å². The van der Waals surface area contributed by atoms with Crippen molar-refractivity contribution in [1.29, 1.82) is 0 Å². The van der Waals surface area contributed by atoms with Gasteiger partial charge in [0.1, 0.15) is 0 Å². The minimum Gasteiger partial charge on any atom is -0.0776 e. The van der Waals surface area contributed by atoms with Crippen LogP contribution in [0.1, 0.15) is 265 Å². The van der Waals surface area contributed by atoms with E-state index in [4.69, 9.17) is 0 Å². The van der Waals surface area contributed by atoms with E-state index in [0.29, 0.717) is 5.41 Å². The Balaban J connectivity index is -0.0000000371. The summed E-state index contributed by atoms with van der Waals surface area (Å²) in [7, 11) is 0. The van der Waals surface area contributed by atoms with Gasteiger partial charge in [0.2, 0.25) is 0 Å². The predicted octanol–water partition coefficient (Wildman–Crippen LogP) is 19.1. The third-order valence-electron chi connectivity index (χ3n) is 8.36. The molecule has 43 heavy (non-hydrogen) atoms. The summed E-state index contributed by atoms with van der Waals surface area (Å²) in [4.78, 5) is 0. The standard InChI is InChI=1S/C19H40.C14H30.10CH4/c1-6-9-12-15-19(18(4)5,16-13-10-7-2)17-14-11-8-3;1-5-7-9-11-14(13(3)4)12-10-8-6-2;;;;;;;;;;/h18H,6-17H2,1-5H3;13-14H,5-12H2,1-4H3;10*1H4. The van der Waals surface area contributed by atoms with Crippen LogP contribution in [0.3, 0.4) is 0 Å². The van der Waals surface area contributed by atoms with Crippen LogP contribution < -0.4 is 0 Å². The van der Waals surface area contributed by atoms with E-state index in [2.05, 4.69) is 62.3 Å². The van der Waals surface area contributed by atoms with Gasteiger partial charge >= 0.3 is 0 Å². The fourth-order valence-electron chi connectivity index (χ4n) is 5.55. The summed E-state index contributed by atoms with van der Waals surface area (Å²) in [5.74, 6) is 2.75. The summed E-state index contributed by atoms with van der Waals surface area (Å²) in [6.45, 7) is 21.3. The third-order valence-corrected chi connectivity index (χ3v) is 8.36. The highest BCUT2D eigenvalue weighted by molar-refractivity contribution is 4.82. The molecule has 0 nitrogen and oxygen atoms in total. The third kappa shape index (κ3) is 46.5. The zero-order chi connectivity index (χ0) is 25.4. The molecule has 0 unspecified atom stereocenters. The Hall–Kier alpha value is 0. The molecule has 0 saturated heterocycles. The van der Waals surface area contributed by atoms with Crippen LogP contribution in [-0.4, -0.2) is 0 Å². The molecule has 0 aliphatic rings. The van der Waals surface area contributed by atoms with Crippen molar-refractivity contribution in [3.8, 4) is 0 Å². The molecule has 0 aromatic carbocycles. The molecule has 0 atom stereocenters. The molecule has 0 heteroatoms. The monoisotopic (exact) mass is 627 g/mol. The molecule has 0 fully saturated rings. The van der Waals surface area contributed by atoms with Gasteiger partial charge in [-0.1, -0.05) is 246 Å². The maximum Gasteiger partial charge on any atom is -0.0274 e. The first-order valence-corrected chi connectivity index (χ1v) is 15.8. The Kier molecular flexibility index (Phi) is 106. The minimum atomic E-state index is 0. The van der Waals surface area contributed by atoms with E-state index < -0.39 is 0 Å². The maximum absolute atomic E-state index is 2.48. The number of rotatable bonds is 22. The molecule has 0 aromatic heterocycles. The second-order valence-corrected chi connectivity index (χ2v) is 11.9. The minimum absolute atomic E-state index is 0. The van der Waals surface area contributed by atoms with Gasteiger partial charge in [0.05, 0.1) is 0 Å². The van der Waals surface area contributed by atoms with Crippen LogP contribution in [0.5, 0.6) is 0 Å². The highest BCUT2D eigenvalue weighted by Crippen LogP contribution is 2.43. The van der Waals surface area contributed by atoms with Crippen LogP contribution in [0.4, 0.5) is 0 Å². The molecule has 282 valence electrons. The highest BCUT2D eigenvalue weighted by atomic mass is 14.4. The lowest BCUT2D eigenvalue weighted by atomic mass is 9.67. The lowest BCUT2D eigenvalue weighted by molar-refractivity contribution is 0.123. The number of unbranched alkanes of at least 4 members (excludes halogenated alkanes) is 10. The van der Waals surface area contributed by atoms with E-state index in [0.717, 1.165) is 17.8 Å². The number of hydrogen-bond donors (Lipinski definition) is 0. The van der Waals surface area contributed by atoms with Gasteiger partial charge in [0.25, 0.3) is 0 Å². The lowest BCUT2D eigenvalue weighted by Gasteiger charge is -2.39. The molecular weight excluding hydrogens is 516 g/mol. The van der Waals surface area contributed by atoms with E-state index in [1.807, 2.05) is 0 Å². The smallest absolute Gasteiger partial charge is 0.0274 e. The first-order valence-electron chi connectivity index (χ1n) is 15.8. The fraction of sp³-hybridized carbons (Fsp3) is 1.00. The molecule has 0 radical (unpaired) electrons. The zero-order valence-corrected chi connectivity index (χ0v) is 25.4. The van der Waals surface area contributed by atoms with Gasteiger partial charge in [-0.2, -0.15) is 0 Å². The predicted molar refractivity (Wildman–Crippen MR) is 224 cm³/mol. The Morgan fingerprint density at radius 2 is 0.581 bits per heavy atom. The maximum atomic E-state index is 2.48. The van der Waals surface area contributed by atoms with Crippen molar-refractivity contribution in [3.63, 3.8) is 0 Å². The average Bonchev–Trinajstić information content (AvgIpc) is 2.78. The van der Waals surface area contributed by atoms with E-state index in [1.165, 1.54) is 128 Å². The van der Waals surface area contributed by atoms with Crippen LogP contribution in [-0.2, 0) is 0 Å². The fourth-order valence-corrected chi connectivity index (χ4v) is 5.55. The van der Waals surface area contributed by atoms with Gasteiger partial charge in [-0.3, -0.25) is 0 Å². The lowest BCUT2D eigenvalue weighted by Crippen LogP contribution is -2.27. The van der Waals surface area contributed by atoms with E-state index in [9.17, 15) is 0 Å². The zero-order valence-electron chi connectivity index (χ0n) is 25.4. The summed E-state index contributed by atoms with van der Waals surface area (Å²) in [6, 6.07) is 0. The van der Waals surface area contributed by atoms with E-state index in [-0.39, 0.29) is 74.3 Å². The molecule has 0 aliphatic carbocycles. The molecule has 0 spiro atoms. The molecule has 0 N–H and O–H groups in total. The van der Waals surface area contributed by atoms with Crippen molar-refractivity contribution in [2.24, 2.45) is 23.2 Å². The molecular formula is C43H110. The van der Waals surface area contributed by atoms with Crippen LogP contribution in [0, 0.1) is 23.2 Å². The van der Waals surface area contributed by atoms with E-state index >= 15 is 0 Å². The summed E-state index contributed by atoms with van der Waals surface area (Å²) in [5, 5.41) is 0.